The predicted molar refractivity (Wildman–Crippen MR) is 64.7 cm³/mol. The van der Waals surface area contributed by atoms with Crippen LogP contribution in [0.3, 0.4) is 0 Å². The molecule has 3 heteroatoms. The van der Waals surface area contributed by atoms with Crippen LogP contribution in [0.4, 0.5) is 4.79 Å². The van der Waals surface area contributed by atoms with Gasteiger partial charge >= 0.3 is 6.09 Å². The maximum Gasteiger partial charge on any atom is 0.404 e. The third kappa shape index (κ3) is 11.2. The fourth-order valence-corrected chi connectivity index (χ4v) is 1.70. The van der Waals surface area contributed by atoms with Crippen molar-refractivity contribution in [2.45, 2.75) is 53.4 Å². The summed E-state index contributed by atoms with van der Waals surface area (Å²) >= 11 is 0. The molecule has 1 unspecified atom stereocenters. The molecule has 1 saturated carbocycles. The molecule has 0 aromatic carbocycles. The third-order valence-electron chi connectivity index (χ3n) is 2.58. The first-order valence-electron chi connectivity index (χ1n) is 5.93. The zero-order valence-electron chi connectivity index (χ0n) is 10.9. The molecule has 0 saturated heterocycles. The van der Waals surface area contributed by atoms with Gasteiger partial charge in [0.1, 0.15) is 0 Å². The summed E-state index contributed by atoms with van der Waals surface area (Å²) in [6.07, 6.45) is 5.14. The molecule has 0 aromatic heterocycles. The highest BCUT2D eigenvalue weighted by molar-refractivity contribution is 5.64. The van der Waals surface area contributed by atoms with Crippen LogP contribution in [-0.4, -0.2) is 13.2 Å². The zero-order valence-corrected chi connectivity index (χ0v) is 10.9. The van der Waals surface area contributed by atoms with E-state index in [4.69, 9.17) is 0 Å². The van der Waals surface area contributed by atoms with Crippen LogP contribution in [0.1, 0.15) is 53.4 Å². The van der Waals surface area contributed by atoms with E-state index in [0.717, 1.165) is 11.8 Å². The summed E-state index contributed by atoms with van der Waals surface area (Å²) in [7, 11) is 1.22. The number of methoxy groups -OCH3 is 1. The minimum absolute atomic E-state index is 0.745. The Labute approximate surface area is 94.4 Å². The third-order valence-corrected chi connectivity index (χ3v) is 2.58. The Morgan fingerprint density at radius 3 is 2.00 bits per heavy atom. The quantitative estimate of drug-likeness (QED) is 0.730. The van der Waals surface area contributed by atoms with Crippen molar-refractivity contribution in [1.82, 2.24) is 0 Å². The van der Waals surface area contributed by atoms with E-state index in [1.54, 1.807) is 0 Å². The number of carbonyl (C=O) groups is 1. The Kier molecular flexibility index (Phi) is 12.6. The van der Waals surface area contributed by atoms with Gasteiger partial charge in [0, 0.05) is 0 Å². The largest absolute Gasteiger partial charge is 0.453 e. The molecule has 2 atom stereocenters. The van der Waals surface area contributed by atoms with E-state index in [0.29, 0.717) is 0 Å². The number of hydrogen-bond acceptors (Lipinski definition) is 2. The Bertz CT molecular complexity index is 149. The van der Waals surface area contributed by atoms with Crippen molar-refractivity contribution in [3.05, 3.63) is 0 Å². The number of nitrogens with two attached hydrogens (primary N) is 1. The summed E-state index contributed by atoms with van der Waals surface area (Å²) in [4.78, 5) is 9.37. The minimum atomic E-state index is -0.745. The molecule has 0 heterocycles. The highest BCUT2D eigenvalue weighted by Gasteiger charge is 2.18. The number of rotatable bonds is 1. The monoisotopic (exact) mass is 217 g/mol. The summed E-state index contributed by atoms with van der Waals surface area (Å²) in [5, 5.41) is 0. The van der Waals surface area contributed by atoms with Gasteiger partial charge in [0.2, 0.25) is 0 Å². The van der Waals surface area contributed by atoms with Gasteiger partial charge in [0.05, 0.1) is 7.11 Å². The van der Waals surface area contributed by atoms with E-state index in [2.05, 4.69) is 24.3 Å². The smallest absolute Gasteiger partial charge is 0.404 e. The first-order chi connectivity index (χ1) is 7.10. The van der Waals surface area contributed by atoms with E-state index in [1.807, 2.05) is 13.8 Å². The summed E-state index contributed by atoms with van der Waals surface area (Å²) in [6, 6.07) is 0. The number of carbonyl (C=O) groups excluding carboxylic acids is 1. The van der Waals surface area contributed by atoms with Crippen LogP contribution in [0.5, 0.6) is 0 Å². The Balaban J connectivity index is 0. The van der Waals surface area contributed by atoms with Crippen LogP contribution in [-0.2, 0) is 4.74 Å². The summed E-state index contributed by atoms with van der Waals surface area (Å²) in [6.45, 7) is 8.68. The lowest BCUT2D eigenvalue weighted by Crippen LogP contribution is -2.08. The van der Waals surface area contributed by atoms with Crippen molar-refractivity contribution in [3.8, 4) is 0 Å². The SMILES string of the molecule is CC.CC[C@@H]1CCC(C)C1.COC(N)=O. The lowest BCUT2D eigenvalue weighted by atomic mass is 10.0. The second kappa shape index (κ2) is 11.3. The Morgan fingerprint density at radius 2 is 1.87 bits per heavy atom. The Morgan fingerprint density at radius 1 is 1.40 bits per heavy atom. The molecular formula is C12H27NO2. The van der Waals surface area contributed by atoms with Crippen LogP contribution in [0, 0.1) is 11.8 Å². The zero-order chi connectivity index (χ0) is 12.3. The molecular weight excluding hydrogens is 190 g/mol. The lowest BCUT2D eigenvalue weighted by Gasteiger charge is -2.02. The van der Waals surface area contributed by atoms with Gasteiger partial charge in [0.25, 0.3) is 0 Å². The second-order valence-corrected chi connectivity index (χ2v) is 3.72. The van der Waals surface area contributed by atoms with Gasteiger partial charge in [-0.3, -0.25) is 0 Å². The van der Waals surface area contributed by atoms with E-state index >= 15 is 0 Å². The molecule has 2 N–H and O–H groups in total. The van der Waals surface area contributed by atoms with E-state index in [1.165, 1.54) is 32.8 Å². The molecule has 3 nitrogen and oxygen atoms in total. The topological polar surface area (TPSA) is 52.3 Å². The van der Waals surface area contributed by atoms with E-state index < -0.39 is 6.09 Å². The van der Waals surface area contributed by atoms with Crippen LogP contribution in [0.25, 0.3) is 0 Å². The highest BCUT2D eigenvalue weighted by atomic mass is 16.5. The van der Waals surface area contributed by atoms with E-state index in [-0.39, 0.29) is 0 Å². The fraction of sp³-hybridized carbons (Fsp3) is 0.917. The van der Waals surface area contributed by atoms with Gasteiger partial charge in [-0.15, -0.1) is 0 Å². The maximum absolute atomic E-state index is 9.37. The number of primary amides is 1. The molecule has 0 aromatic rings. The van der Waals surface area contributed by atoms with Crippen molar-refractivity contribution in [2.24, 2.45) is 17.6 Å². The van der Waals surface area contributed by atoms with Crippen molar-refractivity contribution >= 4 is 6.09 Å². The van der Waals surface area contributed by atoms with Crippen molar-refractivity contribution in [3.63, 3.8) is 0 Å². The second-order valence-electron chi connectivity index (χ2n) is 3.72. The molecule has 1 fully saturated rings. The molecule has 0 spiro atoms. The average Bonchev–Trinajstić information content (AvgIpc) is 2.68. The van der Waals surface area contributed by atoms with Crippen LogP contribution < -0.4 is 5.73 Å². The lowest BCUT2D eigenvalue weighted by molar-refractivity contribution is 0.182. The molecule has 0 radical (unpaired) electrons. The van der Waals surface area contributed by atoms with Gasteiger partial charge in [0.15, 0.2) is 0 Å². The van der Waals surface area contributed by atoms with Gasteiger partial charge in [-0.05, 0) is 18.3 Å². The molecule has 0 aliphatic heterocycles. The van der Waals surface area contributed by atoms with Gasteiger partial charge in [-0.1, -0.05) is 47.0 Å². The van der Waals surface area contributed by atoms with Crippen molar-refractivity contribution < 1.29 is 9.53 Å². The van der Waals surface area contributed by atoms with Gasteiger partial charge in [-0.2, -0.15) is 0 Å². The normalized spacial score (nSPS) is 23.0. The van der Waals surface area contributed by atoms with Crippen molar-refractivity contribution in [2.75, 3.05) is 7.11 Å². The predicted octanol–water partition coefficient (Wildman–Crippen LogP) is 3.57. The molecule has 1 rings (SSSR count). The van der Waals surface area contributed by atoms with Crippen LogP contribution in [0.2, 0.25) is 0 Å². The first kappa shape index (κ1) is 16.7. The highest BCUT2D eigenvalue weighted by Crippen LogP contribution is 2.31. The number of hydrogen-bond donors (Lipinski definition) is 1. The number of amides is 1. The first-order valence-corrected chi connectivity index (χ1v) is 5.93. The standard InChI is InChI=1S/C8H16.C2H5NO2.C2H6/c1-3-8-5-4-7(2)6-8;1-5-2(3)4;1-2/h7-8H,3-6H2,1-2H3;1H3,(H2,3,4);1-2H3/t7?,8-;;/m1../s1. The maximum atomic E-state index is 9.37. The van der Waals surface area contributed by atoms with Gasteiger partial charge < -0.3 is 10.5 Å². The minimum Gasteiger partial charge on any atom is -0.453 e. The average molecular weight is 217 g/mol. The van der Waals surface area contributed by atoms with Crippen molar-refractivity contribution in [1.29, 1.82) is 0 Å². The molecule has 1 aliphatic carbocycles. The molecule has 0 bridgehead atoms. The fourth-order valence-electron chi connectivity index (χ4n) is 1.70. The summed E-state index contributed by atoms with van der Waals surface area (Å²) in [5.41, 5.74) is 4.43. The molecule has 15 heavy (non-hydrogen) atoms. The number of ether oxygens (including phenoxy) is 1. The molecule has 1 aliphatic rings. The summed E-state index contributed by atoms with van der Waals surface area (Å²) < 4.78 is 3.89. The van der Waals surface area contributed by atoms with Crippen LogP contribution in [0.15, 0.2) is 0 Å². The van der Waals surface area contributed by atoms with Crippen LogP contribution >= 0.6 is 0 Å². The molecule has 92 valence electrons. The summed E-state index contributed by atoms with van der Waals surface area (Å²) in [5.74, 6) is 2.10. The van der Waals surface area contributed by atoms with Gasteiger partial charge in [-0.25, -0.2) is 4.79 Å². The Hall–Kier alpha value is -0.730. The molecule has 1 amide bonds. The van der Waals surface area contributed by atoms with E-state index in [9.17, 15) is 4.79 Å².